The summed E-state index contributed by atoms with van der Waals surface area (Å²) in [5.74, 6) is 1.45. The highest BCUT2D eigenvalue weighted by atomic mass is 16.5. The summed E-state index contributed by atoms with van der Waals surface area (Å²) in [6.07, 6.45) is 5.70. The van der Waals surface area contributed by atoms with Crippen LogP contribution in [0.5, 0.6) is 11.5 Å². The molecule has 0 aliphatic carbocycles. The Balaban J connectivity index is 2.09. The summed E-state index contributed by atoms with van der Waals surface area (Å²) in [4.78, 5) is 4.29. The molecule has 0 bridgehead atoms. The maximum Gasteiger partial charge on any atom is 0.161 e. The van der Waals surface area contributed by atoms with Crippen LogP contribution >= 0.6 is 0 Å². The van der Waals surface area contributed by atoms with Gasteiger partial charge in [-0.1, -0.05) is 6.07 Å². The maximum absolute atomic E-state index is 5.33. The highest BCUT2D eigenvalue weighted by Gasteiger charge is 2.06. The highest BCUT2D eigenvalue weighted by molar-refractivity contribution is 5.70. The number of aromatic nitrogens is 2. The van der Waals surface area contributed by atoms with Crippen LogP contribution in [0.25, 0.3) is 16.8 Å². The molecule has 3 rings (SSSR count). The number of fused-ring (bicyclic) bond motifs is 1. The number of methoxy groups -OCH3 is 2. The molecule has 0 saturated heterocycles. The summed E-state index contributed by atoms with van der Waals surface area (Å²) in [5, 5.41) is 0. The zero-order valence-corrected chi connectivity index (χ0v) is 10.8. The van der Waals surface area contributed by atoms with Crippen molar-refractivity contribution in [3.8, 4) is 22.6 Å². The highest BCUT2D eigenvalue weighted by Crippen LogP contribution is 2.32. The molecule has 0 aliphatic rings. The summed E-state index contributed by atoms with van der Waals surface area (Å²) >= 11 is 0. The van der Waals surface area contributed by atoms with Crippen LogP contribution in [0.1, 0.15) is 0 Å². The third-order valence-electron chi connectivity index (χ3n) is 3.11. The van der Waals surface area contributed by atoms with Gasteiger partial charge in [0.05, 0.1) is 14.2 Å². The van der Waals surface area contributed by atoms with Crippen molar-refractivity contribution < 1.29 is 9.47 Å². The van der Waals surface area contributed by atoms with E-state index in [4.69, 9.17) is 9.47 Å². The molecule has 96 valence electrons. The van der Waals surface area contributed by atoms with Crippen LogP contribution in [0.15, 0.2) is 48.9 Å². The third-order valence-corrected chi connectivity index (χ3v) is 3.11. The number of nitrogens with zero attached hydrogens (tertiary/aromatic N) is 2. The second-order valence-electron chi connectivity index (χ2n) is 4.18. The van der Waals surface area contributed by atoms with Crippen molar-refractivity contribution in [1.29, 1.82) is 0 Å². The van der Waals surface area contributed by atoms with E-state index in [1.807, 2.05) is 41.1 Å². The lowest BCUT2D eigenvalue weighted by Gasteiger charge is -2.09. The third kappa shape index (κ3) is 2.01. The van der Waals surface area contributed by atoms with Gasteiger partial charge in [-0.2, -0.15) is 0 Å². The van der Waals surface area contributed by atoms with E-state index in [2.05, 4.69) is 11.1 Å². The molecule has 0 spiro atoms. The first-order valence-corrected chi connectivity index (χ1v) is 5.97. The van der Waals surface area contributed by atoms with Gasteiger partial charge >= 0.3 is 0 Å². The van der Waals surface area contributed by atoms with E-state index in [1.54, 1.807) is 20.4 Å². The Morgan fingerprint density at radius 2 is 1.68 bits per heavy atom. The molecule has 0 atom stereocenters. The van der Waals surface area contributed by atoms with E-state index in [0.29, 0.717) is 0 Å². The Morgan fingerprint density at radius 3 is 2.47 bits per heavy atom. The first-order chi connectivity index (χ1) is 9.31. The summed E-state index contributed by atoms with van der Waals surface area (Å²) in [6, 6.07) is 9.98. The van der Waals surface area contributed by atoms with Gasteiger partial charge in [0.1, 0.15) is 5.65 Å². The summed E-state index contributed by atoms with van der Waals surface area (Å²) in [7, 11) is 3.27. The maximum atomic E-state index is 5.33. The molecule has 0 amide bonds. The lowest BCUT2D eigenvalue weighted by molar-refractivity contribution is 0.355. The molecule has 0 saturated carbocycles. The van der Waals surface area contributed by atoms with Crippen LogP contribution in [-0.4, -0.2) is 23.6 Å². The first kappa shape index (κ1) is 11.6. The van der Waals surface area contributed by atoms with Crippen LogP contribution in [0.3, 0.4) is 0 Å². The molecule has 2 heterocycles. The minimum Gasteiger partial charge on any atom is -0.493 e. The quantitative estimate of drug-likeness (QED) is 0.720. The topological polar surface area (TPSA) is 35.8 Å². The van der Waals surface area contributed by atoms with Gasteiger partial charge < -0.3 is 13.9 Å². The Morgan fingerprint density at radius 1 is 0.895 bits per heavy atom. The van der Waals surface area contributed by atoms with Gasteiger partial charge in [0.2, 0.25) is 0 Å². The number of benzene rings is 1. The minimum absolute atomic E-state index is 0.725. The van der Waals surface area contributed by atoms with Gasteiger partial charge in [0.15, 0.2) is 11.5 Å². The van der Waals surface area contributed by atoms with Gasteiger partial charge in [-0.25, -0.2) is 4.98 Å². The molecular formula is C15H14N2O2. The average molecular weight is 254 g/mol. The summed E-state index contributed by atoms with van der Waals surface area (Å²) < 4.78 is 12.5. The molecule has 4 nitrogen and oxygen atoms in total. The fraction of sp³-hybridized carbons (Fsp3) is 0.133. The summed E-state index contributed by atoms with van der Waals surface area (Å²) in [6.45, 7) is 0. The lowest BCUT2D eigenvalue weighted by atomic mass is 10.1. The Bertz CT molecular complexity index is 719. The second-order valence-corrected chi connectivity index (χ2v) is 4.18. The fourth-order valence-corrected chi connectivity index (χ4v) is 2.11. The van der Waals surface area contributed by atoms with Crippen molar-refractivity contribution >= 4 is 5.65 Å². The van der Waals surface area contributed by atoms with E-state index in [1.165, 1.54) is 0 Å². The fourth-order valence-electron chi connectivity index (χ4n) is 2.11. The van der Waals surface area contributed by atoms with E-state index in [0.717, 1.165) is 28.3 Å². The molecular weight excluding hydrogens is 240 g/mol. The monoisotopic (exact) mass is 254 g/mol. The van der Waals surface area contributed by atoms with Crippen molar-refractivity contribution in [3.63, 3.8) is 0 Å². The lowest BCUT2D eigenvalue weighted by Crippen LogP contribution is -1.91. The number of ether oxygens (including phenoxy) is 2. The molecule has 0 fully saturated rings. The van der Waals surface area contributed by atoms with Crippen molar-refractivity contribution in [2.45, 2.75) is 0 Å². The predicted molar refractivity (Wildman–Crippen MR) is 73.7 cm³/mol. The zero-order valence-electron chi connectivity index (χ0n) is 10.8. The van der Waals surface area contributed by atoms with Crippen molar-refractivity contribution in [1.82, 2.24) is 9.38 Å². The molecule has 2 aromatic heterocycles. The van der Waals surface area contributed by atoms with Crippen LogP contribution in [0.2, 0.25) is 0 Å². The molecule has 3 aromatic rings. The molecule has 4 heteroatoms. The molecule has 0 unspecified atom stereocenters. The average Bonchev–Trinajstić information content (AvgIpc) is 2.93. The number of hydrogen-bond donors (Lipinski definition) is 0. The van der Waals surface area contributed by atoms with E-state index >= 15 is 0 Å². The van der Waals surface area contributed by atoms with Crippen molar-refractivity contribution in [2.24, 2.45) is 0 Å². The number of pyridine rings is 1. The molecule has 0 aliphatic heterocycles. The molecule has 0 radical (unpaired) electrons. The van der Waals surface area contributed by atoms with Crippen LogP contribution in [0.4, 0.5) is 0 Å². The number of hydrogen-bond acceptors (Lipinski definition) is 3. The van der Waals surface area contributed by atoms with E-state index in [9.17, 15) is 0 Å². The van der Waals surface area contributed by atoms with Gasteiger partial charge in [0.25, 0.3) is 0 Å². The SMILES string of the molecule is COc1ccc(-c2ccn3ccnc3c2)cc1OC. The normalized spacial score (nSPS) is 10.6. The van der Waals surface area contributed by atoms with Crippen molar-refractivity contribution in [2.75, 3.05) is 14.2 Å². The predicted octanol–water partition coefficient (Wildman–Crippen LogP) is 3.02. The Labute approximate surface area is 111 Å². The zero-order chi connectivity index (χ0) is 13.2. The second kappa shape index (κ2) is 4.65. The van der Waals surface area contributed by atoms with Crippen LogP contribution in [0, 0.1) is 0 Å². The molecule has 0 N–H and O–H groups in total. The standard InChI is InChI=1S/C15H14N2O2/c1-18-13-4-3-11(9-14(13)19-2)12-5-7-17-8-6-16-15(17)10-12/h3-10H,1-2H3. The van der Waals surface area contributed by atoms with Gasteiger partial charge in [0, 0.05) is 18.6 Å². The molecule has 1 aromatic carbocycles. The Kier molecular flexibility index (Phi) is 2.83. The van der Waals surface area contributed by atoms with E-state index in [-0.39, 0.29) is 0 Å². The van der Waals surface area contributed by atoms with Gasteiger partial charge in [-0.3, -0.25) is 0 Å². The number of rotatable bonds is 3. The minimum atomic E-state index is 0.725. The molecule has 19 heavy (non-hydrogen) atoms. The first-order valence-electron chi connectivity index (χ1n) is 5.97. The smallest absolute Gasteiger partial charge is 0.161 e. The van der Waals surface area contributed by atoms with Crippen LogP contribution in [-0.2, 0) is 0 Å². The van der Waals surface area contributed by atoms with Crippen LogP contribution < -0.4 is 9.47 Å². The largest absolute Gasteiger partial charge is 0.493 e. The van der Waals surface area contributed by atoms with E-state index < -0.39 is 0 Å². The summed E-state index contributed by atoms with van der Waals surface area (Å²) in [5.41, 5.74) is 3.09. The van der Waals surface area contributed by atoms with Gasteiger partial charge in [-0.05, 0) is 35.4 Å². The number of imidazole rings is 1. The van der Waals surface area contributed by atoms with Gasteiger partial charge in [-0.15, -0.1) is 0 Å². The Hall–Kier alpha value is -2.49. The van der Waals surface area contributed by atoms with Crippen molar-refractivity contribution in [3.05, 3.63) is 48.9 Å².